The first-order chi connectivity index (χ1) is 15.9. The number of rotatable bonds is 6. The fourth-order valence-electron chi connectivity index (χ4n) is 3.00. The van der Waals surface area contributed by atoms with Gasteiger partial charge < -0.3 is 5.11 Å². The summed E-state index contributed by atoms with van der Waals surface area (Å²) in [6.07, 6.45) is -4.50. The normalized spacial score (nSPS) is 16.2. The van der Waals surface area contributed by atoms with E-state index in [2.05, 4.69) is 10.5 Å². The Bertz CT molecular complexity index is 1260. The molecule has 13 heteroatoms. The third-order valence-electron chi connectivity index (χ3n) is 4.77. The summed E-state index contributed by atoms with van der Waals surface area (Å²) < 4.78 is 38.2. The molecule has 1 amide bonds. The van der Waals surface area contributed by atoms with Crippen LogP contribution in [0, 0.1) is 10.1 Å². The van der Waals surface area contributed by atoms with Crippen molar-refractivity contribution >= 4 is 40.8 Å². The number of thioether (sulfide) groups is 1. The lowest BCUT2D eigenvalue weighted by Crippen LogP contribution is -2.21. The van der Waals surface area contributed by atoms with Crippen LogP contribution in [0.1, 0.15) is 44.0 Å². The fourth-order valence-corrected chi connectivity index (χ4v) is 4.13. The molecule has 0 bridgehead atoms. The van der Waals surface area contributed by atoms with Crippen molar-refractivity contribution in [1.82, 2.24) is 5.43 Å². The number of halogens is 3. The van der Waals surface area contributed by atoms with E-state index in [1.54, 1.807) is 0 Å². The van der Waals surface area contributed by atoms with Gasteiger partial charge in [0.25, 0.3) is 11.6 Å². The summed E-state index contributed by atoms with van der Waals surface area (Å²) in [5.74, 6) is -2.82. The number of nitrogens with one attached hydrogen (secondary N) is 1. The highest BCUT2D eigenvalue weighted by molar-refractivity contribution is 8.03. The van der Waals surface area contributed by atoms with Crippen LogP contribution in [-0.2, 0) is 11.0 Å². The third kappa shape index (κ3) is 5.14. The first-order valence-electron chi connectivity index (χ1n) is 9.34. The Hall–Kier alpha value is -4.00. The maximum absolute atomic E-state index is 12.7. The Kier molecular flexibility index (Phi) is 6.86. The van der Waals surface area contributed by atoms with Crippen molar-refractivity contribution in [2.45, 2.75) is 18.3 Å². The van der Waals surface area contributed by atoms with E-state index in [9.17, 15) is 37.7 Å². The van der Waals surface area contributed by atoms with E-state index in [4.69, 9.17) is 5.11 Å². The van der Waals surface area contributed by atoms with Gasteiger partial charge in [-0.15, -0.1) is 11.8 Å². The second kappa shape index (κ2) is 9.47. The van der Waals surface area contributed by atoms with Gasteiger partial charge in [0, 0.05) is 17.2 Å². The number of ketones is 1. The highest BCUT2D eigenvalue weighted by Gasteiger charge is 2.33. The number of nitro benzene ring substituents is 1. The number of benzene rings is 2. The molecule has 0 spiro atoms. The lowest BCUT2D eigenvalue weighted by molar-refractivity contribution is -0.385. The van der Waals surface area contributed by atoms with Crippen molar-refractivity contribution in [3.63, 3.8) is 0 Å². The smallest absolute Gasteiger partial charge is 0.416 e. The predicted molar refractivity (Wildman–Crippen MR) is 115 cm³/mol. The maximum Gasteiger partial charge on any atom is 0.416 e. The summed E-state index contributed by atoms with van der Waals surface area (Å²) in [6.45, 7) is 1.43. The van der Waals surface area contributed by atoms with Crippen LogP contribution in [0.5, 0.6) is 0 Å². The second-order valence-corrected chi connectivity index (χ2v) is 7.94. The van der Waals surface area contributed by atoms with Gasteiger partial charge in [-0.05, 0) is 42.2 Å². The first kappa shape index (κ1) is 24.6. The van der Waals surface area contributed by atoms with Crippen molar-refractivity contribution < 1.29 is 37.6 Å². The van der Waals surface area contributed by atoms with Crippen molar-refractivity contribution in [1.29, 1.82) is 0 Å². The number of amides is 1. The van der Waals surface area contributed by atoms with Crippen LogP contribution < -0.4 is 5.43 Å². The summed E-state index contributed by atoms with van der Waals surface area (Å²) in [7, 11) is 0. The molecule has 3 rings (SSSR count). The molecule has 1 atom stereocenters. The van der Waals surface area contributed by atoms with Crippen LogP contribution in [0.2, 0.25) is 0 Å². The number of aromatic carboxylic acids is 1. The van der Waals surface area contributed by atoms with Gasteiger partial charge in [0.15, 0.2) is 5.78 Å². The Morgan fingerprint density at radius 2 is 1.82 bits per heavy atom. The zero-order valence-electron chi connectivity index (χ0n) is 17.1. The zero-order valence-corrected chi connectivity index (χ0v) is 17.9. The Morgan fingerprint density at radius 3 is 2.38 bits per heavy atom. The number of nitro groups is 1. The molecule has 1 unspecified atom stereocenters. The molecule has 2 aromatic rings. The molecule has 176 valence electrons. The van der Waals surface area contributed by atoms with Crippen molar-refractivity contribution in [2.75, 3.05) is 0 Å². The van der Waals surface area contributed by atoms with Crippen molar-refractivity contribution in [3.05, 3.63) is 85.8 Å². The number of Topliss-reactive ketones (excluding diaryl/α,β-unsaturated/α-hetero) is 1. The summed E-state index contributed by atoms with van der Waals surface area (Å²) in [6, 6.07) is 7.00. The van der Waals surface area contributed by atoms with Crippen LogP contribution in [0.25, 0.3) is 0 Å². The largest absolute Gasteiger partial charge is 0.477 e. The van der Waals surface area contributed by atoms with E-state index in [0.29, 0.717) is 5.56 Å². The standard InChI is InChI=1S/C21H14F3N3O6S/c1-10(25-26-19(29)12-4-7-14(20(30)31)16(8-12)27(32)33)15-9-34-18(17(15)28)11-2-5-13(6-3-11)21(22,23)24/h2-9,18H,1H3,(H,26,29)(H,30,31)/b25-10+. The predicted octanol–water partition coefficient (Wildman–Crippen LogP) is 4.36. The Morgan fingerprint density at radius 1 is 1.18 bits per heavy atom. The molecule has 9 nitrogen and oxygen atoms in total. The number of alkyl halides is 3. The minimum atomic E-state index is -4.50. The number of carboxylic acid groups (broad SMARTS) is 1. The van der Waals surface area contributed by atoms with Gasteiger partial charge in [0.1, 0.15) is 5.56 Å². The lowest BCUT2D eigenvalue weighted by Gasteiger charge is -2.11. The Balaban J connectivity index is 1.72. The van der Waals surface area contributed by atoms with E-state index in [1.165, 1.54) is 24.5 Å². The van der Waals surface area contributed by atoms with Crippen LogP contribution in [0.3, 0.4) is 0 Å². The minimum absolute atomic E-state index is 0.108. The molecule has 1 aliphatic rings. The quantitative estimate of drug-likeness (QED) is 0.346. The molecule has 0 saturated carbocycles. The first-order valence-corrected chi connectivity index (χ1v) is 10.3. The van der Waals surface area contributed by atoms with Gasteiger partial charge in [-0.2, -0.15) is 18.3 Å². The molecule has 1 aliphatic heterocycles. The number of nitrogens with zero attached hydrogens (tertiary/aromatic N) is 2. The lowest BCUT2D eigenvalue weighted by atomic mass is 10.0. The number of hydrazone groups is 1. The van der Waals surface area contributed by atoms with E-state index in [0.717, 1.165) is 42.1 Å². The molecule has 34 heavy (non-hydrogen) atoms. The summed E-state index contributed by atoms with van der Waals surface area (Å²) >= 11 is 1.08. The summed E-state index contributed by atoms with van der Waals surface area (Å²) in [4.78, 5) is 46.3. The topological polar surface area (TPSA) is 139 Å². The number of allylic oxidation sites excluding steroid dienone is 1. The molecule has 0 aliphatic carbocycles. The van der Waals surface area contributed by atoms with Crippen LogP contribution in [0.4, 0.5) is 18.9 Å². The van der Waals surface area contributed by atoms with Crippen molar-refractivity contribution in [2.24, 2.45) is 5.10 Å². The molecular formula is C21H14F3N3O6S. The van der Waals surface area contributed by atoms with E-state index in [1.807, 2.05) is 0 Å². The second-order valence-electron chi connectivity index (χ2n) is 6.96. The third-order valence-corrected chi connectivity index (χ3v) is 5.90. The van der Waals surface area contributed by atoms with E-state index < -0.39 is 50.8 Å². The Labute approximate surface area is 193 Å². The maximum atomic E-state index is 12.7. The molecule has 0 saturated heterocycles. The van der Waals surface area contributed by atoms with Gasteiger partial charge in [0.05, 0.1) is 21.4 Å². The number of carbonyl (C=O) groups excluding carboxylic acids is 2. The number of hydrogen-bond donors (Lipinski definition) is 2. The van der Waals surface area contributed by atoms with Gasteiger partial charge in [0.2, 0.25) is 0 Å². The van der Waals surface area contributed by atoms with Crippen LogP contribution in [0.15, 0.2) is 58.5 Å². The van der Waals surface area contributed by atoms with Crippen molar-refractivity contribution in [3.8, 4) is 0 Å². The molecule has 2 N–H and O–H groups in total. The average molecular weight is 493 g/mol. The van der Waals surface area contributed by atoms with E-state index in [-0.39, 0.29) is 16.8 Å². The van der Waals surface area contributed by atoms with Gasteiger partial charge in [-0.25, -0.2) is 10.2 Å². The molecule has 1 heterocycles. The molecule has 0 fully saturated rings. The number of carbonyl (C=O) groups is 3. The molecule has 2 aromatic carbocycles. The van der Waals surface area contributed by atoms with Crippen LogP contribution >= 0.6 is 11.8 Å². The molecular weight excluding hydrogens is 479 g/mol. The number of hydrogen-bond acceptors (Lipinski definition) is 7. The monoisotopic (exact) mass is 493 g/mol. The fraction of sp³-hybridized carbons (Fsp3) is 0.143. The van der Waals surface area contributed by atoms with Crippen LogP contribution in [-0.4, -0.2) is 33.4 Å². The highest BCUT2D eigenvalue weighted by atomic mass is 32.2. The summed E-state index contributed by atoms with van der Waals surface area (Å²) in [5.41, 5.74) is 0.340. The highest BCUT2D eigenvalue weighted by Crippen LogP contribution is 2.40. The van der Waals surface area contributed by atoms with Gasteiger partial charge >= 0.3 is 12.1 Å². The zero-order chi connectivity index (χ0) is 25.2. The molecule has 0 aromatic heterocycles. The number of carboxylic acids is 1. The van der Waals surface area contributed by atoms with Gasteiger partial charge in [-0.3, -0.25) is 19.7 Å². The minimum Gasteiger partial charge on any atom is -0.477 e. The van der Waals surface area contributed by atoms with Gasteiger partial charge in [-0.1, -0.05) is 12.1 Å². The average Bonchev–Trinajstić information content (AvgIpc) is 3.17. The van der Waals surface area contributed by atoms with E-state index >= 15 is 0 Å². The molecule has 0 radical (unpaired) electrons. The summed E-state index contributed by atoms with van der Waals surface area (Å²) in [5, 5.41) is 24.6. The SMILES string of the molecule is C/C(=N\NC(=O)c1ccc(C(=O)O)c([N+](=O)[O-])c1)C1=CSC(c2ccc(C(F)(F)F)cc2)C1=O.